The molecule has 1 heterocycles. The Labute approximate surface area is 152 Å². The van der Waals surface area contributed by atoms with Gasteiger partial charge >= 0.3 is 0 Å². The van der Waals surface area contributed by atoms with Gasteiger partial charge in [-0.1, -0.05) is 45.7 Å². The highest BCUT2D eigenvalue weighted by atomic mass is 79.9. The summed E-state index contributed by atoms with van der Waals surface area (Å²) < 4.78 is 4.33. The van der Waals surface area contributed by atoms with Crippen molar-refractivity contribution in [3.05, 3.63) is 45.3 Å². The van der Waals surface area contributed by atoms with Crippen LogP contribution >= 0.6 is 31.9 Å². The van der Waals surface area contributed by atoms with Crippen molar-refractivity contribution in [3.63, 3.8) is 0 Å². The van der Waals surface area contributed by atoms with Crippen LogP contribution in [0.5, 0.6) is 0 Å². The number of aliphatic hydroxyl groups excluding tert-OH is 1. The maximum atomic E-state index is 10.4. The summed E-state index contributed by atoms with van der Waals surface area (Å²) in [4.78, 5) is 0. The number of hydrogen-bond acceptors (Lipinski definition) is 2. The van der Waals surface area contributed by atoms with E-state index in [9.17, 15) is 5.11 Å². The fraction of sp³-hybridized carbons (Fsp3) is 0.333. The monoisotopic (exact) mass is 438 g/mol. The van der Waals surface area contributed by atoms with Crippen molar-refractivity contribution in [1.29, 1.82) is 0 Å². The average Bonchev–Trinajstić information content (AvgIpc) is 2.78. The Morgan fingerprint density at radius 2 is 1.52 bits per heavy atom. The molecule has 2 aromatic carbocycles. The van der Waals surface area contributed by atoms with Gasteiger partial charge in [-0.25, -0.2) is 0 Å². The first kappa shape index (κ1) is 17.0. The second kappa shape index (κ2) is 6.93. The summed E-state index contributed by atoms with van der Waals surface area (Å²) in [5, 5.41) is 16.1. The maximum absolute atomic E-state index is 10.4. The number of aromatic nitrogens is 1. The first-order valence-electron chi connectivity index (χ1n) is 7.74. The number of rotatable bonds is 5. The van der Waals surface area contributed by atoms with E-state index in [0.29, 0.717) is 19.1 Å². The van der Waals surface area contributed by atoms with Crippen LogP contribution in [0, 0.1) is 0 Å². The van der Waals surface area contributed by atoms with Crippen LogP contribution in [0.1, 0.15) is 13.8 Å². The van der Waals surface area contributed by atoms with E-state index in [2.05, 4.69) is 79.9 Å². The number of nitrogens with one attached hydrogen (secondary N) is 1. The molecule has 0 amide bonds. The minimum Gasteiger partial charge on any atom is -0.390 e. The van der Waals surface area contributed by atoms with Crippen molar-refractivity contribution in [2.45, 2.75) is 32.5 Å². The van der Waals surface area contributed by atoms with Crippen LogP contribution < -0.4 is 5.32 Å². The average molecular weight is 440 g/mol. The second-order valence-corrected chi connectivity index (χ2v) is 7.98. The third-order valence-corrected chi connectivity index (χ3v) is 4.93. The molecule has 1 unspecified atom stereocenters. The molecule has 3 nitrogen and oxygen atoms in total. The number of aliphatic hydroxyl groups is 1. The van der Waals surface area contributed by atoms with Gasteiger partial charge in [0.1, 0.15) is 0 Å². The van der Waals surface area contributed by atoms with Gasteiger partial charge in [-0.3, -0.25) is 0 Å². The molecule has 5 heteroatoms. The molecule has 0 spiro atoms. The topological polar surface area (TPSA) is 37.2 Å². The standard InChI is InChI=1S/C18H20Br2N2O/c1-11(2)21-9-14(23)10-22-17-5-3-12(19)7-15(17)16-8-13(20)4-6-18(16)22/h3-8,11,14,21,23H,9-10H2,1-2H3. The van der Waals surface area contributed by atoms with E-state index in [1.165, 1.54) is 10.8 Å². The summed E-state index contributed by atoms with van der Waals surface area (Å²) in [6.45, 7) is 5.33. The van der Waals surface area contributed by atoms with Gasteiger partial charge in [0.05, 0.1) is 12.6 Å². The first-order chi connectivity index (χ1) is 11.0. The first-order valence-corrected chi connectivity index (χ1v) is 9.33. The van der Waals surface area contributed by atoms with Gasteiger partial charge in [-0.05, 0) is 36.4 Å². The van der Waals surface area contributed by atoms with Crippen LogP contribution in [0.4, 0.5) is 0 Å². The predicted octanol–water partition coefficient (Wildman–Crippen LogP) is 4.68. The number of halogens is 2. The van der Waals surface area contributed by atoms with Crippen molar-refractivity contribution in [1.82, 2.24) is 9.88 Å². The fourth-order valence-electron chi connectivity index (χ4n) is 2.89. The molecule has 122 valence electrons. The molecule has 1 atom stereocenters. The van der Waals surface area contributed by atoms with Gasteiger partial charge in [0.2, 0.25) is 0 Å². The zero-order valence-corrected chi connectivity index (χ0v) is 16.4. The van der Waals surface area contributed by atoms with Crippen LogP contribution in [0.15, 0.2) is 45.3 Å². The molecule has 0 bridgehead atoms. The van der Waals surface area contributed by atoms with Crippen molar-refractivity contribution >= 4 is 53.7 Å². The zero-order valence-electron chi connectivity index (χ0n) is 13.2. The third kappa shape index (κ3) is 3.63. The number of benzene rings is 2. The quantitative estimate of drug-likeness (QED) is 0.605. The van der Waals surface area contributed by atoms with Crippen LogP contribution in [-0.2, 0) is 6.54 Å². The Morgan fingerprint density at radius 1 is 1.00 bits per heavy atom. The lowest BCUT2D eigenvalue weighted by Crippen LogP contribution is -2.34. The summed E-state index contributed by atoms with van der Waals surface area (Å²) in [6, 6.07) is 13.0. The molecule has 3 aromatic rings. The van der Waals surface area contributed by atoms with Crippen LogP contribution in [0.2, 0.25) is 0 Å². The minimum atomic E-state index is -0.427. The lowest BCUT2D eigenvalue weighted by molar-refractivity contribution is 0.151. The SMILES string of the molecule is CC(C)NCC(O)Cn1c2ccc(Br)cc2c2cc(Br)ccc21. The molecule has 0 aliphatic heterocycles. The van der Waals surface area contributed by atoms with Gasteiger partial charge in [-0.2, -0.15) is 0 Å². The molecule has 0 aliphatic rings. The lowest BCUT2D eigenvalue weighted by atomic mass is 10.2. The third-order valence-electron chi connectivity index (χ3n) is 3.94. The van der Waals surface area contributed by atoms with Crippen molar-refractivity contribution in [3.8, 4) is 0 Å². The van der Waals surface area contributed by atoms with E-state index in [1.807, 2.05) is 12.1 Å². The summed E-state index contributed by atoms with van der Waals surface area (Å²) >= 11 is 7.11. The highest BCUT2D eigenvalue weighted by Gasteiger charge is 2.14. The molecular formula is C18H20Br2N2O. The van der Waals surface area contributed by atoms with Crippen LogP contribution in [0.25, 0.3) is 21.8 Å². The molecule has 0 fully saturated rings. The molecule has 0 radical (unpaired) electrons. The number of hydrogen-bond donors (Lipinski definition) is 2. The largest absolute Gasteiger partial charge is 0.390 e. The van der Waals surface area contributed by atoms with Crippen molar-refractivity contribution in [2.24, 2.45) is 0 Å². The Bertz CT molecular complexity index is 783. The Morgan fingerprint density at radius 3 is 2.00 bits per heavy atom. The van der Waals surface area contributed by atoms with Crippen molar-refractivity contribution < 1.29 is 5.11 Å². The molecular weight excluding hydrogens is 420 g/mol. The van der Waals surface area contributed by atoms with Crippen molar-refractivity contribution in [2.75, 3.05) is 6.54 Å². The highest BCUT2D eigenvalue weighted by Crippen LogP contribution is 2.33. The summed E-state index contributed by atoms with van der Waals surface area (Å²) in [5.41, 5.74) is 2.29. The summed E-state index contributed by atoms with van der Waals surface area (Å²) in [6.07, 6.45) is -0.427. The van der Waals surface area contributed by atoms with E-state index in [-0.39, 0.29) is 0 Å². The van der Waals surface area contributed by atoms with E-state index < -0.39 is 6.10 Å². The predicted molar refractivity (Wildman–Crippen MR) is 104 cm³/mol. The Balaban J connectivity index is 2.07. The Hall–Kier alpha value is -0.880. The van der Waals surface area contributed by atoms with Gasteiger partial charge in [0, 0.05) is 43.3 Å². The highest BCUT2D eigenvalue weighted by molar-refractivity contribution is 9.10. The van der Waals surface area contributed by atoms with E-state index in [1.54, 1.807) is 0 Å². The molecule has 2 N–H and O–H groups in total. The van der Waals surface area contributed by atoms with Gasteiger partial charge in [0.25, 0.3) is 0 Å². The number of nitrogens with zero attached hydrogens (tertiary/aromatic N) is 1. The van der Waals surface area contributed by atoms with E-state index in [4.69, 9.17) is 0 Å². The zero-order chi connectivity index (χ0) is 16.6. The van der Waals surface area contributed by atoms with Crippen LogP contribution in [-0.4, -0.2) is 28.4 Å². The normalized spacial score (nSPS) is 13.3. The fourth-order valence-corrected chi connectivity index (χ4v) is 3.61. The summed E-state index contributed by atoms with van der Waals surface area (Å²) in [5.74, 6) is 0. The second-order valence-electron chi connectivity index (χ2n) is 6.15. The number of fused-ring (bicyclic) bond motifs is 3. The molecule has 23 heavy (non-hydrogen) atoms. The molecule has 0 saturated carbocycles. The minimum absolute atomic E-state index is 0.370. The van der Waals surface area contributed by atoms with Gasteiger partial charge < -0.3 is 15.0 Å². The molecule has 1 aromatic heterocycles. The summed E-state index contributed by atoms with van der Waals surface area (Å²) in [7, 11) is 0. The molecule has 3 rings (SSSR count). The molecule has 0 aliphatic carbocycles. The van der Waals surface area contributed by atoms with Gasteiger partial charge in [-0.15, -0.1) is 0 Å². The Kier molecular flexibility index (Phi) is 5.11. The van der Waals surface area contributed by atoms with Crippen LogP contribution in [0.3, 0.4) is 0 Å². The lowest BCUT2D eigenvalue weighted by Gasteiger charge is -2.16. The maximum Gasteiger partial charge on any atom is 0.0843 e. The van der Waals surface area contributed by atoms with E-state index >= 15 is 0 Å². The van der Waals surface area contributed by atoms with E-state index in [0.717, 1.165) is 20.0 Å². The van der Waals surface area contributed by atoms with Gasteiger partial charge in [0.15, 0.2) is 0 Å². The smallest absolute Gasteiger partial charge is 0.0843 e. The molecule has 0 saturated heterocycles.